The average Bonchev–Trinajstić information content (AvgIpc) is 3.71. The average molecular weight is 695 g/mol. The van der Waals surface area contributed by atoms with E-state index in [1.807, 2.05) is 38.1 Å². The Kier molecular flexibility index (Phi) is 21.6. The molecular formula is C40H54O10. The Hall–Kier alpha value is -4.22. The third kappa shape index (κ3) is 16.5. The Morgan fingerprint density at radius 1 is 0.640 bits per heavy atom. The number of rotatable bonds is 18. The summed E-state index contributed by atoms with van der Waals surface area (Å²) in [6.45, 7) is 14.5. The van der Waals surface area contributed by atoms with Crippen LogP contribution in [0.3, 0.4) is 0 Å². The molecule has 0 aromatic heterocycles. The molecule has 2 aliphatic heterocycles. The highest BCUT2D eigenvalue weighted by atomic mass is 16.7. The number of esters is 2. The number of unbranched alkanes of at least 4 members (excludes halogenated alkanes) is 2. The Labute approximate surface area is 297 Å². The van der Waals surface area contributed by atoms with Crippen molar-refractivity contribution >= 4 is 11.9 Å². The SMILES string of the molecule is C=CC=COCCCCOC.C=CC=COCCCCOC.Cc1ccc(C(=O)O[C@H]2COC3C2OC[C@H]3OC(=O)c2ccc(C)cc2)cc1. The fourth-order valence-corrected chi connectivity index (χ4v) is 4.64. The molecule has 0 radical (unpaired) electrons. The van der Waals surface area contributed by atoms with Gasteiger partial charge >= 0.3 is 11.9 Å². The second kappa shape index (κ2) is 25.7. The first kappa shape index (κ1) is 41.9. The molecule has 4 atom stereocenters. The Bertz CT molecular complexity index is 1200. The number of aryl methyl sites for hydroxylation is 2. The molecule has 4 rings (SSSR count). The molecule has 0 bridgehead atoms. The summed E-state index contributed by atoms with van der Waals surface area (Å²) in [5, 5.41) is 0. The summed E-state index contributed by atoms with van der Waals surface area (Å²) < 4.78 is 42.6. The first-order valence-electron chi connectivity index (χ1n) is 16.9. The van der Waals surface area contributed by atoms with E-state index in [2.05, 4.69) is 13.2 Å². The van der Waals surface area contributed by atoms with E-state index in [-0.39, 0.29) is 13.2 Å². The molecule has 2 saturated heterocycles. The largest absolute Gasteiger partial charge is 0.501 e. The van der Waals surface area contributed by atoms with Gasteiger partial charge in [-0.3, -0.25) is 0 Å². The Balaban J connectivity index is 0.000000327. The van der Waals surface area contributed by atoms with Crippen molar-refractivity contribution in [2.45, 2.75) is 63.9 Å². The number of benzene rings is 2. The molecule has 2 unspecified atom stereocenters. The maximum absolute atomic E-state index is 12.4. The van der Waals surface area contributed by atoms with Gasteiger partial charge in [0.2, 0.25) is 0 Å². The van der Waals surface area contributed by atoms with Crippen molar-refractivity contribution in [2.24, 2.45) is 0 Å². The zero-order valence-corrected chi connectivity index (χ0v) is 30.0. The first-order valence-corrected chi connectivity index (χ1v) is 16.9. The fourth-order valence-electron chi connectivity index (χ4n) is 4.64. The standard InChI is InChI=1S/C22H22O6.2C9H16O2/c1-13-3-7-15(8-4-13)21(23)27-17-11-25-20-18(12-26-19(17)20)28-22(24)16-9-5-14(2)6-10-16;2*1-3-4-8-11-9-6-5-7-10-2/h3-10,17-20H,11-12H2,1-2H3;2*3-4,8H,1,5-7,9H2,2H3/t17-,18+,19?,20?;;. The number of carbonyl (C=O) groups excluding carboxylic acids is 2. The van der Waals surface area contributed by atoms with Gasteiger partial charge in [-0.1, -0.05) is 60.7 Å². The van der Waals surface area contributed by atoms with Crippen LogP contribution in [0.4, 0.5) is 0 Å². The smallest absolute Gasteiger partial charge is 0.338 e. The van der Waals surface area contributed by atoms with E-state index in [0.29, 0.717) is 11.1 Å². The number of allylic oxidation sites excluding steroid dienone is 4. The predicted molar refractivity (Wildman–Crippen MR) is 193 cm³/mol. The lowest BCUT2D eigenvalue weighted by Gasteiger charge is -2.17. The molecule has 274 valence electrons. The second-order valence-corrected chi connectivity index (χ2v) is 11.5. The summed E-state index contributed by atoms with van der Waals surface area (Å²) in [5.74, 6) is -0.837. The lowest BCUT2D eigenvalue weighted by molar-refractivity contribution is -0.0287. The molecule has 10 nitrogen and oxygen atoms in total. The number of ether oxygens (including phenoxy) is 8. The van der Waals surface area contributed by atoms with Crippen LogP contribution in [-0.4, -0.2) is 90.2 Å². The van der Waals surface area contributed by atoms with Crippen LogP contribution in [0.5, 0.6) is 0 Å². The maximum atomic E-state index is 12.4. The van der Waals surface area contributed by atoms with Gasteiger partial charge in [-0.05, 0) is 75.9 Å². The van der Waals surface area contributed by atoms with Crippen molar-refractivity contribution in [3.63, 3.8) is 0 Å². The summed E-state index contributed by atoms with van der Waals surface area (Å²) in [6, 6.07) is 14.3. The van der Waals surface area contributed by atoms with E-state index < -0.39 is 36.4 Å². The normalized spacial score (nSPS) is 19.0. The van der Waals surface area contributed by atoms with Crippen LogP contribution in [0.2, 0.25) is 0 Å². The van der Waals surface area contributed by atoms with Crippen LogP contribution in [0.15, 0.2) is 98.5 Å². The van der Waals surface area contributed by atoms with Crippen LogP contribution >= 0.6 is 0 Å². The van der Waals surface area contributed by atoms with E-state index >= 15 is 0 Å². The summed E-state index contributed by atoms with van der Waals surface area (Å²) in [7, 11) is 3.41. The molecule has 2 fully saturated rings. The highest BCUT2D eigenvalue weighted by molar-refractivity contribution is 5.90. The molecule has 50 heavy (non-hydrogen) atoms. The third-order valence-corrected chi connectivity index (χ3v) is 7.40. The van der Waals surface area contributed by atoms with Gasteiger partial charge in [-0.2, -0.15) is 0 Å². The molecule has 0 N–H and O–H groups in total. The van der Waals surface area contributed by atoms with Gasteiger partial charge in [0, 0.05) is 27.4 Å². The van der Waals surface area contributed by atoms with E-state index in [4.69, 9.17) is 37.9 Å². The molecule has 0 spiro atoms. The number of hydrogen-bond donors (Lipinski definition) is 0. The minimum Gasteiger partial charge on any atom is -0.501 e. The van der Waals surface area contributed by atoms with Crippen molar-refractivity contribution in [3.05, 3.63) is 121 Å². The summed E-state index contributed by atoms with van der Waals surface area (Å²) in [6.07, 6.45) is 12.5. The van der Waals surface area contributed by atoms with Gasteiger partial charge in [0.15, 0.2) is 12.2 Å². The minimum atomic E-state index is -0.526. The van der Waals surface area contributed by atoms with Gasteiger partial charge in [-0.25, -0.2) is 9.59 Å². The van der Waals surface area contributed by atoms with Crippen molar-refractivity contribution in [1.29, 1.82) is 0 Å². The number of methoxy groups -OCH3 is 2. The van der Waals surface area contributed by atoms with Crippen molar-refractivity contribution in [1.82, 2.24) is 0 Å². The van der Waals surface area contributed by atoms with Gasteiger partial charge in [0.25, 0.3) is 0 Å². The lowest BCUT2D eigenvalue weighted by atomic mass is 10.1. The highest BCUT2D eigenvalue weighted by Crippen LogP contribution is 2.31. The maximum Gasteiger partial charge on any atom is 0.338 e. The molecule has 10 heteroatoms. The fraction of sp³-hybridized carbons (Fsp3) is 0.450. The van der Waals surface area contributed by atoms with Gasteiger partial charge in [-0.15, -0.1) is 0 Å². The molecule has 2 aliphatic rings. The molecule has 2 aromatic carbocycles. The van der Waals surface area contributed by atoms with E-state index in [9.17, 15) is 9.59 Å². The summed E-state index contributed by atoms with van der Waals surface area (Å²) >= 11 is 0. The molecule has 2 aromatic rings. The molecule has 0 aliphatic carbocycles. The highest BCUT2D eigenvalue weighted by Gasteiger charge is 2.51. The molecular weight excluding hydrogens is 640 g/mol. The minimum absolute atomic E-state index is 0.214. The second-order valence-electron chi connectivity index (χ2n) is 11.5. The van der Waals surface area contributed by atoms with Crippen molar-refractivity contribution < 1.29 is 47.5 Å². The zero-order valence-electron chi connectivity index (χ0n) is 30.0. The Morgan fingerprint density at radius 2 is 1.00 bits per heavy atom. The van der Waals surface area contributed by atoms with Crippen LogP contribution in [0.1, 0.15) is 57.5 Å². The monoisotopic (exact) mass is 694 g/mol. The Morgan fingerprint density at radius 3 is 1.34 bits per heavy atom. The quantitative estimate of drug-likeness (QED) is 0.0694. The topological polar surface area (TPSA) is 108 Å². The summed E-state index contributed by atoms with van der Waals surface area (Å²) in [5.41, 5.74) is 3.10. The molecule has 0 amide bonds. The van der Waals surface area contributed by atoms with E-state index in [0.717, 1.165) is 63.2 Å². The van der Waals surface area contributed by atoms with Crippen LogP contribution in [0, 0.1) is 13.8 Å². The van der Waals surface area contributed by atoms with E-state index in [1.54, 1.807) is 75.3 Å². The van der Waals surface area contributed by atoms with Crippen molar-refractivity contribution in [3.8, 4) is 0 Å². The van der Waals surface area contributed by atoms with E-state index in [1.165, 1.54) is 0 Å². The van der Waals surface area contributed by atoms with Crippen molar-refractivity contribution in [2.75, 3.05) is 53.9 Å². The predicted octanol–water partition coefficient (Wildman–Crippen LogP) is 7.11. The first-order chi connectivity index (χ1) is 24.3. The van der Waals surface area contributed by atoms with Crippen LogP contribution in [-0.2, 0) is 37.9 Å². The van der Waals surface area contributed by atoms with Gasteiger partial charge in [0.1, 0.15) is 12.2 Å². The van der Waals surface area contributed by atoms with Gasteiger partial charge < -0.3 is 37.9 Å². The van der Waals surface area contributed by atoms with Crippen LogP contribution in [0.25, 0.3) is 0 Å². The number of carbonyl (C=O) groups is 2. The zero-order chi connectivity index (χ0) is 36.4. The third-order valence-electron chi connectivity index (χ3n) is 7.40. The van der Waals surface area contributed by atoms with Gasteiger partial charge in [0.05, 0.1) is 50.1 Å². The van der Waals surface area contributed by atoms with Crippen LogP contribution < -0.4 is 0 Å². The molecule has 2 heterocycles. The number of hydrogen-bond acceptors (Lipinski definition) is 10. The lowest BCUT2D eigenvalue weighted by Crippen LogP contribution is -2.36. The number of fused-ring (bicyclic) bond motifs is 1. The summed E-state index contributed by atoms with van der Waals surface area (Å²) in [4.78, 5) is 24.7. The molecule has 0 saturated carbocycles.